The van der Waals surface area contributed by atoms with Gasteiger partial charge in [-0.2, -0.15) is 0 Å². The lowest BCUT2D eigenvalue weighted by molar-refractivity contribution is 0.843. The first-order chi connectivity index (χ1) is 7.72. The van der Waals surface area contributed by atoms with Gasteiger partial charge in [0.25, 0.3) is 5.56 Å². The molecule has 0 unspecified atom stereocenters. The van der Waals surface area contributed by atoms with Crippen molar-refractivity contribution in [1.82, 2.24) is 9.55 Å². The SMILES string of the molecule is Cn1cnc2ccc(C=CCCl)cc2c1=O. The number of aryl methyl sites for hydroxylation is 1. The molecule has 0 amide bonds. The topological polar surface area (TPSA) is 34.9 Å². The maximum Gasteiger partial charge on any atom is 0.260 e. The van der Waals surface area contributed by atoms with Crippen molar-refractivity contribution in [1.29, 1.82) is 0 Å². The molecular weight excluding hydrogens is 224 g/mol. The zero-order valence-electron chi connectivity index (χ0n) is 8.85. The molecule has 3 nitrogen and oxygen atoms in total. The summed E-state index contributed by atoms with van der Waals surface area (Å²) in [6.07, 6.45) is 5.25. The number of nitrogens with zero attached hydrogens (tertiary/aromatic N) is 2. The van der Waals surface area contributed by atoms with Gasteiger partial charge in [-0.3, -0.25) is 4.79 Å². The lowest BCUT2D eigenvalue weighted by Crippen LogP contribution is -2.16. The molecule has 16 heavy (non-hydrogen) atoms. The van der Waals surface area contributed by atoms with Crippen LogP contribution in [0, 0.1) is 0 Å². The molecule has 0 radical (unpaired) electrons. The Balaban J connectivity index is 2.64. The highest BCUT2D eigenvalue weighted by atomic mass is 35.5. The molecule has 1 aromatic heterocycles. The summed E-state index contributed by atoms with van der Waals surface area (Å²) in [4.78, 5) is 16.0. The smallest absolute Gasteiger partial charge is 0.260 e. The maximum atomic E-state index is 11.8. The summed E-state index contributed by atoms with van der Waals surface area (Å²) >= 11 is 5.56. The fourth-order valence-electron chi connectivity index (χ4n) is 1.51. The quantitative estimate of drug-likeness (QED) is 0.747. The van der Waals surface area contributed by atoms with E-state index in [9.17, 15) is 4.79 Å². The van der Waals surface area contributed by atoms with Crippen LogP contribution < -0.4 is 5.56 Å². The van der Waals surface area contributed by atoms with E-state index in [0.29, 0.717) is 16.8 Å². The van der Waals surface area contributed by atoms with Crippen molar-refractivity contribution in [2.45, 2.75) is 0 Å². The van der Waals surface area contributed by atoms with Crippen LogP contribution >= 0.6 is 11.6 Å². The number of rotatable bonds is 2. The van der Waals surface area contributed by atoms with Crippen molar-refractivity contribution in [3.05, 3.63) is 46.5 Å². The zero-order chi connectivity index (χ0) is 11.5. The van der Waals surface area contributed by atoms with Crippen LogP contribution in [0.25, 0.3) is 17.0 Å². The summed E-state index contributed by atoms with van der Waals surface area (Å²) in [5, 5.41) is 0.627. The summed E-state index contributed by atoms with van der Waals surface area (Å²) in [6, 6.07) is 5.58. The molecule has 82 valence electrons. The van der Waals surface area contributed by atoms with Gasteiger partial charge in [0, 0.05) is 12.9 Å². The third kappa shape index (κ3) is 1.99. The van der Waals surface area contributed by atoms with Crippen molar-refractivity contribution in [3.63, 3.8) is 0 Å². The second-order valence-electron chi connectivity index (χ2n) is 3.49. The number of hydrogen-bond acceptors (Lipinski definition) is 2. The largest absolute Gasteiger partial charge is 0.302 e. The first-order valence-electron chi connectivity index (χ1n) is 4.90. The van der Waals surface area contributed by atoms with Crippen LogP contribution in [0.2, 0.25) is 0 Å². The summed E-state index contributed by atoms with van der Waals surface area (Å²) in [5.74, 6) is 0.461. The fraction of sp³-hybridized carbons (Fsp3) is 0.167. The van der Waals surface area contributed by atoms with Gasteiger partial charge in [0.15, 0.2) is 0 Å². The summed E-state index contributed by atoms with van der Waals surface area (Å²) in [6.45, 7) is 0. The highest BCUT2D eigenvalue weighted by Crippen LogP contribution is 2.11. The molecule has 0 saturated heterocycles. The Bertz CT molecular complexity index is 601. The van der Waals surface area contributed by atoms with Crippen molar-refractivity contribution in [2.24, 2.45) is 7.05 Å². The minimum atomic E-state index is -0.0360. The number of fused-ring (bicyclic) bond motifs is 1. The molecule has 2 rings (SSSR count). The van der Waals surface area contributed by atoms with Crippen molar-refractivity contribution in [3.8, 4) is 0 Å². The third-order valence-electron chi connectivity index (χ3n) is 2.34. The molecule has 0 spiro atoms. The lowest BCUT2D eigenvalue weighted by Gasteiger charge is -2.01. The average molecular weight is 235 g/mol. The Morgan fingerprint density at radius 3 is 3.06 bits per heavy atom. The van der Waals surface area contributed by atoms with Gasteiger partial charge in [-0.25, -0.2) is 4.98 Å². The summed E-state index contributed by atoms with van der Waals surface area (Å²) < 4.78 is 1.47. The van der Waals surface area contributed by atoms with Crippen molar-refractivity contribution >= 4 is 28.6 Å². The molecule has 0 N–H and O–H groups in total. The third-order valence-corrected chi connectivity index (χ3v) is 2.52. The van der Waals surface area contributed by atoms with Crippen LogP contribution in [0.1, 0.15) is 5.56 Å². The van der Waals surface area contributed by atoms with Crippen LogP contribution in [0.4, 0.5) is 0 Å². The standard InChI is InChI=1S/C12H11ClN2O/c1-15-8-14-11-5-4-9(3-2-6-13)7-10(11)12(15)16/h2-5,7-8H,6H2,1H3. The molecule has 0 aliphatic rings. The molecule has 0 atom stereocenters. The Morgan fingerprint density at radius 1 is 1.50 bits per heavy atom. The van der Waals surface area contributed by atoms with Gasteiger partial charge in [-0.1, -0.05) is 18.2 Å². The zero-order valence-corrected chi connectivity index (χ0v) is 9.61. The van der Waals surface area contributed by atoms with Gasteiger partial charge in [-0.05, 0) is 17.7 Å². The summed E-state index contributed by atoms with van der Waals surface area (Å²) in [5.41, 5.74) is 1.63. The Morgan fingerprint density at radius 2 is 2.31 bits per heavy atom. The number of benzene rings is 1. The molecule has 2 aromatic rings. The van der Waals surface area contributed by atoms with E-state index in [0.717, 1.165) is 5.56 Å². The second kappa shape index (κ2) is 4.49. The van der Waals surface area contributed by atoms with Gasteiger partial charge in [0.1, 0.15) is 0 Å². The Hall–Kier alpha value is -1.61. The maximum absolute atomic E-state index is 11.8. The molecule has 0 fully saturated rings. The normalized spacial score (nSPS) is 11.4. The van der Waals surface area contributed by atoms with E-state index in [1.165, 1.54) is 10.9 Å². The van der Waals surface area contributed by atoms with E-state index < -0.39 is 0 Å². The van der Waals surface area contributed by atoms with Crippen molar-refractivity contribution in [2.75, 3.05) is 5.88 Å². The van der Waals surface area contributed by atoms with E-state index in [-0.39, 0.29) is 5.56 Å². The number of halogens is 1. The van der Waals surface area contributed by atoms with Crippen LogP contribution in [0.15, 0.2) is 35.4 Å². The van der Waals surface area contributed by atoms with E-state index in [1.54, 1.807) is 7.05 Å². The van der Waals surface area contributed by atoms with Gasteiger partial charge >= 0.3 is 0 Å². The molecule has 0 bridgehead atoms. The first-order valence-corrected chi connectivity index (χ1v) is 5.44. The lowest BCUT2D eigenvalue weighted by atomic mass is 10.1. The monoisotopic (exact) mass is 234 g/mol. The van der Waals surface area contributed by atoms with E-state index in [4.69, 9.17) is 11.6 Å². The molecule has 0 aliphatic heterocycles. The minimum Gasteiger partial charge on any atom is -0.302 e. The van der Waals surface area contributed by atoms with Gasteiger partial charge < -0.3 is 4.57 Å². The predicted octanol–water partition coefficient (Wildman–Crippen LogP) is 2.19. The fourth-order valence-corrected chi connectivity index (χ4v) is 1.60. The summed E-state index contributed by atoms with van der Waals surface area (Å²) in [7, 11) is 1.69. The Labute approximate surface area is 98.0 Å². The number of alkyl halides is 1. The highest BCUT2D eigenvalue weighted by molar-refractivity contribution is 6.19. The minimum absolute atomic E-state index is 0.0360. The molecule has 1 aromatic carbocycles. The van der Waals surface area contributed by atoms with E-state index in [2.05, 4.69) is 4.98 Å². The predicted molar refractivity (Wildman–Crippen MR) is 66.7 cm³/mol. The molecular formula is C12H11ClN2O. The highest BCUT2D eigenvalue weighted by Gasteiger charge is 2.01. The van der Waals surface area contributed by atoms with Crippen LogP contribution in [-0.4, -0.2) is 15.4 Å². The molecule has 1 heterocycles. The van der Waals surface area contributed by atoms with Crippen LogP contribution in [0.3, 0.4) is 0 Å². The van der Waals surface area contributed by atoms with E-state index in [1.807, 2.05) is 30.4 Å². The Kier molecular flexibility index (Phi) is 3.06. The van der Waals surface area contributed by atoms with Gasteiger partial charge in [-0.15, -0.1) is 11.6 Å². The van der Waals surface area contributed by atoms with Crippen molar-refractivity contribution < 1.29 is 0 Å². The number of aromatic nitrogens is 2. The average Bonchev–Trinajstić information content (AvgIpc) is 2.31. The van der Waals surface area contributed by atoms with Gasteiger partial charge in [0.05, 0.1) is 17.2 Å². The molecule has 0 aliphatic carbocycles. The first kappa shape index (κ1) is 10.9. The van der Waals surface area contributed by atoms with Crippen LogP contribution in [0.5, 0.6) is 0 Å². The second-order valence-corrected chi connectivity index (χ2v) is 3.80. The molecule has 4 heteroatoms. The van der Waals surface area contributed by atoms with Crippen LogP contribution in [-0.2, 0) is 7.05 Å². The number of hydrogen-bond donors (Lipinski definition) is 0. The molecule has 0 saturated carbocycles. The number of allylic oxidation sites excluding steroid dienone is 1. The van der Waals surface area contributed by atoms with E-state index >= 15 is 0 Å². The van der Waals surface area contributed by atoms with Gasteiger partial charge in [0.2, 0.25) is 0 Å².